The van der Waals surface area contributed by atoms with Crippen LogP contribution in [0.3, 0.4) is 0 Å². The van der Waals surface area contributed by atoms with E-state index in [0.717, 1.165) is 47.5 Å². The van der Waals surface area contributed by atoms with Gasteiger partial charge in [0.2, 0.25) is 0 Å². The molecule has 0 N–H and O–H groups in total. The molecule has 4 nitrogen and oxygen atoms in total. The number of aryl methyl sites for hydroxylation is 2. The Balaban J connectivity index is 1.56. The van der Waals surface area contributed by atoms with Gasteiger partial charge in [0.15, 0.2) is 0 Å². The molecule has 31 heavy (non-hydrogen) atoms. The zero-order chi connectivity index (χ0) is 22.1. The van der Waals surface area contributed by atoms with Crippen LogP contribution in [0.2, 0.25) is 0 Å². The molecule has 4 heteroatoms. The van der Waals surface area contributed by atoms with Crippen LogP contribution < -0.4 is 4.74 Å². The Morgan fingerprint density at radius 1 is 0.968 bits per heavy atom. The minimum atomic E-state index is 0.239. The maximum absolute atomic E-state index is 11.2. The molecule has 0 aliphatic carbocycles. The molecule has 0 fully saturated rings. The number of aromatic nitrogens is 2. The van der Waals surface area contributed by atoms with Gasteiger partial charge in [-0.1, -0.05) is 49.1 Å². The third-order valence-corrected chi connectivity index (χ3v) is 5.04. The first-order valence-corrected chi connectivity index (χ1v) is 10.6. The summed E-state index contributed by atoms with van der Waals surface area (Å²) >= 11 is 0. The van der Waals surface area contributed by atoms with E-state index < -0.39 is 0 Å². The number of hydrogen-bond acceptors (Lipinski definition) is 4. The monoisotopic (exact) mass is 412 g/mol. The van der Waals surface area contributed by atoms with Crippen molar-refractivity contribution < 1.29 is 9.53 Å². The molecule has 1 unspecified atom stereocenters. The topological polar surface area (TPSA) is 52.1 Å². The summed E-state index contributed by atoms with van der Waals surface area (Å²) in [4.78, 5) is 20.1. The number of rotatable bonds is 8. The number of carbonyl (C=O) groups excluding carboxylic acids is 1. The highest BCUT2D eigenvalue weighted by Crippen LogP contribution is 2.18. The average Bonchev–Trinajstić information content (AvgIpc) is 2.77. The van der Waals surface area contributed by atoms with Crippen molar-refractivity contribution in [3.8, 4) is 17.6 Å². The summed E-state index contributed by atoms with van der Waals surface area (Å²) in [5.74, 6) is 8.57. The van der Waals surface area contributed by atoms with Gasteiger partial charge in [0.1, 0.15) is 17.4 Å². The first-order valence-electron chi connectivity index (χ1n) is 10.6. The molecule has 1 heterocycles. The molecule has 0 amide bonds. The van der Waals surface area contributed by atoms with E-state index in [1.165, 1.54) is 5.56 Å². The van der Waals surface area contributed by atoms with E-state index in [2.05, 4.69) is 46.9 Å². The number of nitrogens with zero attached hydrogens (tertiary/aromatic N) is 2. The highest BCUT2D eigenvalue weighted by atomic mass is 16.5. The largest absolute Gasteiger partial charge is 0.496 e. The third kappa shape index (κ3) is 7.08. The lowest BCUT2D eigenvalue weighted by atomic mass is 9.96. The molecule has 1 aromatic heterocycles. The number of para-hydroxylation sites is 1. The number of benzene rings is 2. The predicted molar refractivity (Wildman–Crippen MR) is 123 cm³/mol. The van der Waals surface area contributed by atoms with Crippen molar-refractivity contribution in [3.63, 3.8) is 0 Å². The van der Waals surface area contributed by atoms with Gasteiger partial charge >= 0.3 is 0 Å². The van der Waals surface area contributed by atoms with Crippen molar-refractivity contribution in [3.05, 3.63) is 89.0 Å². The first-order chi connectivity index (χ1) is 15.0. The zero-order valence-corrected chi connectivity index (χ0v) is 18.4. The fraction of sp³-hybridized carbons (Fsp3) is 0.296. The highest BCUT2D eigenvalue weighted by Gasteiger charge is 2.06. The molecule has 3 aromatic rings. The Morgan fingerprint density at radius 2 is 1.65 bits per heavy atom. The van der Waals surface area contributed by atoms with Gasteiger partial charge in [0.05, 0.1) is 12.7 Å². The molecule has 3 rings (SSSR count). The minimum Gasteiger partial charge on any atom is -0.496 e. The van der Waals surface area contributed by atoms with E-state index in [-0.39, 0.29) is 5.78 Å². The fourth-order valence-electron chi connectivity index (χ4n) is 3.54. The lowest BCUT2D eigenvalue weighted by molar-refractivity contribution is -0.117. The molecule has 0 saturated heterocycles. The molecule has 0 aliphatic heterocycles. The van der Waals surface area contributed by atoms with Crippen LogP contribution in [0.1, 0.15) is 48.3 Å². The van der Waals surface area contributed by atoms with Crippen LogP contribution in [0, 0.1) is 17.8 Å². The van der Waals surface area contributed by atoms with E-state index >= 15 is 0 Å². The molecule has 0 aliphatic rings. The zero-order valence-electron chi connectivity index (χ0n) is 18.4. The normalized spacial score (nSPS) is 11.3. The standard InChI is InChI=1S/C27H28N2O2/c1-20(16-21(2)30)17-23-11-8-22(9-12-23)10-13-24-18-28-27(29-19-24)15-14-25-6-4-5-7-26(25)31-3/h4-9,11-12,18-20H,14-17H2,1-3H3. The van der Waals surface area contributed by atoms with Gasteiger partial charge in [-0.3, -0.25) is 0 Å². The molecule has 0 spiro atoms. The van der Waals surface area contributed by atoms with Crippen molar-refractivity contribution in [2.75, 3.05) is 7.11 Å². The van der Waals surface area contributed by atoms with Gasteiger partial charge in [0.25, 0.3) is 0 Å². The minimum absolute atomic E-state index is 0.239. The number of Topliss-reactive ketones (excluding diaryl/α,β-unsaturated/α-hetero) is 1. The molecule has 158 valence electrons. The Kier molecular flexibility index (Phi) is 7.95. The van der Waals surface area contributed by atoms with Gasteiger partial charge in [-0.2, -0.15) is 0 Å². The summed E-state index contributed by atoms with van der Waals surface area (Å²) in [6.07, 6.45) is 6.64. The van der Waals surface area contributed by atoms with Crippen LogP contribution in [0.25, 0.3) is 0 Å². The number of hydrogen-bond donors (Lipinski definition) is 0. The Bertz CT molecular complexity index is 1060. The van der Waals surface area contributed by atoms with E-state index in [1.807, 2.05) is 30.3 Å². The van der Waals surface area contributed by atoms with Crippen molar-refractivity contribution >= 4 is 5.78 Å². The second-order valence-electron chi connectivity index (χ2n) is 7.86. The number of ether oxygens (including phenoxy) is 1. The van der Waals surface area contributed by atoms with Crippen LogP contribution in [-0.4, -0.2) is 22.9 Å². The summed E-state index contributed by atoms with van der Waals surface area (Å²) in [5.41, 5.74) is 4.11. The summed E-state index contributed by atoms with van der Waals surface area (Å²) < 4.78 is 5.40. The van der Waals surface area contributed by atoms with Crippen LogP contribution in [-0.2, 0) is 24.1 Å². The molecular weight excluding hydrogens is 384 g/mol. The van der Waals surface area contributed by atoms with Crippen molar-refractivity contribution in [2.45, 2.75) is 39.5 Å². The van der Waals surface area contributed by atoms with Gasteiger partial charge in [-0.25, -0.2) is 9.97 Å². The van der Waals surface area contributed by atoms with Crippen molar-refractivity contribution in [1.29, 1.82) is 0 Å². The van der Waals surface area contributed by atoms with Gasteiger partial charge in [0, 0.05) is 30.8 Å². The summed E-state index contributed by atoms with van der Waals surface area (Å²) in [5, 5.41) is 0. The summed E-state index contributed by atoms with van der Waals surface area (Å²) in [6, 6.07) is 16.2. The van der Waals surface area contributed by atoms with Gasteiger partial charge in [-0.15, -0.1) is 0 Å². The highest BCUT2D eigenvalue weighted by molar-refractivity contribution is 5.75. The number of carbonyl (C=O) groups is 1. The van der Waals surface area contributed by atoms with E-state index in [0.29, 0.717) is 12.3 Å². The molecule has 2 aromatic carbocycles. The first kappa shape index (κ1) is 22.2. The Morgan fingerprint density at radius 3 is 2.32 bits per heavy atom. The maximum atomic E-state index is 11.2. The summed E-state index contributed by atoms with van der Waals surface area (Å²) in [7, 11) is 1.69. The second kappa shape index (κ2) is 11.1. The Labute approximate surface area is 184 Å². The smallest absolute Gasteiger partial charge is 0.130 e. The predicted octanol–water partition coefficient (Wildman–Crippen LogP) is 4.83. The Hall–Kier alpha value is -3.45. The average molecular weight is 413 g/mol. The maximum Gasteiger partial charge on any atom is 0.130 e. The van der Waals surface area contributed by atoms with Crippen LogP contribution in [0.5, 0.6) is 5.75 Å². The van der Waals surface area contributed by atoms with Crippen LogP contribution in [0.4, 0.5) is 0 Å². The fourth-order valence-corrected chi connectivity index (χ4v) is 3.54. The quantitative estimate of drug-likeness (QED) is 0.498. The van der Waals surface area contributed by atoms with Crippen LogP contribution >= 0.6 is 0 Å². The van der Waals surface area contributed by atoms with Gasteiger partial charge in [-0.05, 0) is 55.0 Å². The molecule has 0 saturated carbocycles. The SMILES string of the molecule is COc1ccccc1CCc1ncc(C#Cc2ccc(CC(C)CC(C)=O)cc2)cn1. The van der Waals surface area contributed by atoms with Crippen LogP contribution in [0.15, 0.2) is 60.9 Å². The van der Waals surface area contributed by atoms with Crippen molar-refractivity contribution in [1.82, 2.24) is 9.97 Å². The second-order valence-corrected chi connectivity index (χ2v) is 7.86. The summed E-state index contributed by atoms with van der Waals surface area (Å²) in [6.45, 7) is 3.75. The molecule has 1 atom stereocenters. The van der Waals surface area contributed by atoms with Crippen molar-refractivity contribution in [2.24, 2.45) is 5.92 Å². The lowest BCUT2D eigenvalue weighted by Gasteiger charge is -2.09. The van der Waals surface area contributed by atoms with Gasteiger partial charge < -0.3 is 9.53 Å². The third-order valence-electron chi connectivity index (χ3n) is 5.04. The van der Waals surface area contributed by atoms with E-state index in [4.69, 9.17) is 4.74 Å². The molecule has 0 bridgehead atoms. The molecule has 0 radical (unpaired) electrons. The van der Waals surface area contributed by atoms with E-state index in [1.54, 1.807) is 26.4 Å². The van der Waals surface area contributed by atoms with E-state index in [9.17, 15) is 4.79 Å². The number of methoxy groups -OCH3 is 1. The molecular formula is C27H28N2O2. The lowest BCUT2D eigenvalue weighted by Crippen LogP contribution is -2.04. The number of ketones is 1.